The third-order valence-corrected chi connectivity index (χ3v) is 7.85. The van der Waals surface area contributed by atoms with E-state index in [0.29, 0.717) is 5.56 Å². The first kappa shape index (κ1) is 28.0. The van der Waals surface area contributed by atoms with Crippen LogP contribution in [-0.2, 0) is 23.9 Å². The van der Waals surface area contributed by atoms with Crippen LogP contribution in [0.15, 0.2) is 35.1 Å². The van der Waals surface area contributed by atoms with Crippen LogP contribution in [0.1, 0.15) is 36.5 Å². The topological polar surface area (TPSA) is 208 Å². The van der Waals surface area contributed by atoms with Crippen molar-refractivity contribution in [2.75, 3.05) is 20.7 Å². The molecule has 1 amide bonds. The number of carbonyl (C=O) groups is 4. The molecule has 0 heterocycles. The Balaban J connectivity index is 1.97. The van der Waals surface area contributed by atoms with E-state index in [2.05, 4.69) is 0 Å². The molecule has 0 saturated heterocycles. The van der Waals surface area contributed by atoms with Gasteiger partial charge in [-0.2, -0.15) is 0 Å². The molecule has 208 valence electrons. The van der Waals surface area contributed by atoms with Crippen molar-refractivity contribution in [2.24, 2.45) is 17.6 Å². The highest BCUT2D eigenvalue weighted by molar-refractivity contribution is 6.24. The maximum atomic E-state index is 14.0. The van der Waals surface area contributed by atoms with E-state index in [-0.39, 0.29) is 17.7 Å². The summed E-state index contributed by atoms with van der Waals surface area (Å²) in [4.78, 5) is 52.3. The Morgan fingerprint density at radius 1 is 1.18 bits per heavy atom. The van der Waals surface area contributed by atoms with Crippen LogP contribution in [0.3, 0.4) is 0 Å². The van der Waals surface area contributed by atoms with Crippen LogP contribution < -0.4 is 5.73 Å². The van der Waals surface area contributed by atoms with Crippen LogP contribution in [0.4, 0.5) is 0 Å². The maximum Gasteiger partial charge on any atom is 0.330 e. The van der Waals surface area contributed by atoms with Crippen molar-refractivity contribution in [2.45, 2.75) is 37.5 Å². The van der Waals surface area contributed by atoms with Gasteiger partial charge in [0.2, 0.25) is 5.78 Å². The number of aliphatic hydroxyl groups is 4. The molecule has 39 heavy (non-hydrogen) atoms. The van der Waals surface area contributed by atoms with Crippen molar-refractivity contribution in [3.8, 4) is 5.75 Å². The lowest BCUT2D eigenvalue weighted by atomic mass is 9.54. The monoisotopic (exact) mass is 542 g/mol. The summed E-state index contributed by atoms with van der Waals surface area (Å²) >= 11 is 0. The molecule has 6 unspecified atom stereocenters. The highest BCUT2D eigenvalue weighted by Gasteiger charge is 2.68. The number of rotatable bonds is 5. The van der Waals surface area contributed by atoms with Crippen LogP contribution in [0, 0.1) is 11.8 Å². The average Bonchev–Trinajstić information content (AvgIpc) is 2.85. The first-order valence-electron chi connectivity index (χ1n) is 12.2. The van der Waals surface area contributed by atoms with E-state index in [0.717, 1.165) is 6.08 Å². The molecule has 3 aliphatic carbocycles. The molecular weight excluding hydrogens is 512 g/mol. The zero-order chi connectivity index (χ0) is 29.1. The number of fused-ring (bicyclic) bond motifs is 3. The highest BCUT2D eigenvalue weighted by atomic mass is 16.5. The third-order valence-electron chi connectivity index (χ3n) is 7.85. The molecule has 1 fully saturated rings. The zero-order valence-corrected chi connectivity index (χ0v) is 21.7. The lowest BCUT2D eigenvalue weighted by Gasteiger charge is -2.53. The average molecular weight is 543 g/mol. The van der Waals surface area contributed by atoms with Crippen molar-refractivity contribution in [3.05, 3.63) is 51.8 Å². The summed E-state index contributed by atoms with van der Waals surface area (Å²) in [5, 5.41) is 56.5. The van der Waals surface area contributed by atoms with Gasteiger partial charge in [0.05, 0.1) is 30.2 Å². The molecule has 1 saturated carbocycles. The molecule has 0 radical (unpaired) electrons. The molecule has 3 aliphatic rings. The lowest BCUT2D eigenvalue weighted by Crippen LogP contribution is -2.70. The molecule has 7 N–H and O–H groups in total. The molecule has 12 nitrogen and oxygen atoms in total. The molecule has 6 atom stereocenters. The number of nitrogens with two attached hydrogens (primary N) is 1. The summed E-state index contributed by atoms with van der Waals surface area (Å²) in [5.74, 6) is -10.3. The van der Waals surface area contributed by atoms with Gasteiger partial charge in [0.25, 0.3) is 5.91 Å². The Bertz CT molecular complexity index is 1390. The van der Waals surface area contributed by atoms with Crippen LogP contribution in [-0.4, -0.2) is 92.3 Å². The molecule has 12 heteroatoms. The Morgan fingerprint density at radius 3 is 2.38 bits per heavy atom. The molecule has 0 bridgehead atoms. The normalized spacial score (nSPS) is 30.4. The van der Waals surface area contributed by atoms with E-state index in [4.69, 9.17) is 10.5 Å². The van der Waals surface area contributed by atoms with Gasteiger partial charge < -0.3 is 36.0 Å². The number of carbonyl (C=O) groups excluding carboxylic acids is 4. The lowest BCUT2D eigenvalue weighted by molar-refractivity contribution is -0.169. The van der Waals surface area contributed by atoms with Crippen molar-refractivity contribution < 1.29 is 49.4 Å². The fourth-order valence-corrected chi connectivity index (χ4v) is 6.12. The van der Waals surface area contributed by atoms with Gasteiger partial charge in [-0.1, -0.05) is 19.1 Å². The number of ketones is 2. The van der Waals surface area contributed by atoms with Crippen LogP contribution >= 0.6 is 0 Å². The summed E-state index contributed by atoms with van der Waals surface area (Å²) in [6, 6.07) is 1.61. The van der Waals surface area contributed by atoms with Crippen molar-refractivity contribution in [3.63, 3.8) is 0 Å². The van der Waals surface area contributed by atoms with Crippen LogP contribution in [0.2, 0.25) is 0 Å². The number of amides is 1. The predicted molar refractivity (Wildman–Crippen MR) is 136 cm³/mol. The summed E-state index contributed by atoms with van der Waals surface area (Å²) in [7, 11) is 2.87. The summed E-state index contributed by atoms with van der Waals surface area (Å²) in [6.07, 6.45) is 0.652. The second kappa shape index (κ2) is 9.63. The van der Waals surface area contributed by atoms with E-state index in [1.807, 2.05) is 0 Å². The largest absolute Gasteiger partial charge is 0.508 e. The van der Waals surface area contributed by atoms with E-state index in [9.17, 15) is 44.7 Å². The smallest absolute Gasteiger partial charge is 0.330 e. The van der Waals surface area contributed by atoms with Crippen molar-refractivity contribution >= 4 is 35.3 Å². The Kier molecular flexibility index (Phi) is 6.92. The quantitative estimate of drug-likeness (QED) is 0.167. The SMILES string of the molecule is CCOC(=O)/C=C/c1ccc2c(c1O)C(O)=C1C(=O)C3(O)C(O)=C(C(N)=O)C(=O)C(N(C)C)C3C(O)C1C2C. The van der Waals surface area contributed by atoms with E-state index in [1.54, 1.807) is 19.9 Å². The summed E-state index contributed by atoms with van der Waals surface area (Å²) in [5.41, 5.74) is 1.13. The number of primary amides is 1. The first-order chi connectivity index (χ1) is 18.2. The summed E-state index contributed by atoms with van der Waals surface area (Å²) < 4.78 is 4.83. The number of nitrogens with zero attached hydrogens (tertiary/aromatic N) is 1. The number of hydrogen-bond donors (Lipinski definition) is 6. The van der Waals surface area contributed by atoms with Gasteiger partial charge in [-0.15, -0.1) is 0 Å². The van der Waals surface area contributed by atoms with E-state index < -0.39 is 87.4 Å². The number of hydrogen-bond acceptors (Lipinski definition) is 11. The Labute approximate surface area is 223 Å². The number of aromatic hydroxyl groups is 1. The van der Waals surface area contributed by atoms with Crippen molar-refractivity contribution in [1.29, 1.82) is 0 Å². The number of Topliss-reactive ketones (excluding diaryl/α,β-unsaturated/α-hetero) is 2. The van der Waals surface area contributed by atoms with Gasteiger partial charge in [-0.05, 0) is 38.6 Å². The fourth-order valence-electron chi connectivity index (χ4n) is 6.12. The van der Waals surface area contributed by atoms with Gasteiger partial charge in [-0.25, -0.2) is 4.79 Å². The first-order valence-corrected chi connectivity index (χ1v) is 12.2. The summed E-state index contributed by atoms with van der Waals surface area (Å²) in [6.45, 7) is 3.39. The standard InChI is InChI=1S/C27H30N2O10/c1-5-39-13(30)9-7-11-6-8-12-10(2)14-16(21(32)15(12)20(11)31)24(35)27(38)18(22(14)33)19(29(3)4)23(34)17(25(27)36)26(28)37/h6-10,14,18-19,22,31-33,36,38H,5H2,1-4H3,(H2,28,37)/b9-7+. The zero-order valence-electron chi connectivity index (χ0n) is 21.7. The van der Waals surface area contributed by atoms with Crippen LogP contribution in [0.25, 0.3) is 11.8 Å². The second-order valence-corrected chi connectivity index (χ2v) is 10.1. The molecule has 1 aromatic carbocycles. The van der Waals surface area contributed by atoms with Gasteiger partial charge >= 0.3 is 5.97 Å². The number of benzene rings is 1. The van der Waals surface area contributed by atoms with Crippen LogP contribution in [0.5, 0.6) is 5.75 Å². The Hall–Kier alpha value is -4.00. The van der Waals surface area contributed by atoms with Gasteiger partial charge in [0.15, 0.2) is 11.4 Å². The molecule has 0 aromatic heterocycles. The third kappa shape index (κ3) is 3.86. The van der Waals surface area contributed by atoms with E-state index >= 15 is 0 Å². The molecule has 0 aliphatic heterocycles. The maximum absolute atomic E-state index is 14.0. The minimum atomic E-state index is -2.99. The minimum Gasteiger partial charge on any atom is -0.508 e. The number of phenols is 1. The molecule has 4 rings (SSSR count). The second-order valence-electron chi connectivity index (χ2n) is 10.1. The highest BCUT2D eigenvalue weighted by Crippen LogP contribution is 2.56. The van der Waals surface area contributed by atoms with Gasteiger partial charge in [0.1, 0.15) is 22.8 Å². The minimum absolute atomic E-state index is 0.106. The Morgan fingerprint density at radius 2 is 1.82 bits per heavy atom. The fraction of sp³-hybridized carbons (Fsp3) is 0.407. The van der Waals surface area contributed by atoms with E-state index in [1.165, 1.54) is 31.1 Å². The number of likely N-dealkylation sites (N-methyl/N-ethyl adjacent to an activating group) is 1. The van der Waals surface area contributed by atoms with Gasteiger partial charge in [-0.3, -0.25) is 19.3 Å². The molecule has 0 spiro atoms. The predicted octanol–water partition coefficient (Wildman–Crippen LogP) is 0.0721. The molecule has 1 aromatic rings. The van der Waals surface area contributed by atoms with Crippen molar-refractivity contribution in [1.82, 2.24) is 4.90 Å². The number of ether oxygens (including phenoxy) is 1. The number of phenolic OH excluding ortho intramolecular Hbond substituents is 1. The number of aliphatic hydroxyl groups excluding tert-OH is 3. The molecular formula is C27H30N2O10. The number of esters is 1. The van der Waals surface area contributed by atoms with Gasteiger partial charge in [0, 0.05) is 23.1 Å².